The van der Waals surface area contributed by atoms with Crippen molar-refractivity contribution in [1.29, 1.82) is 0 Å². The molecule has 166 valence electrons. The third-order valence-corrected chi connectivity index (χ3v) is 6.66. The van der Waals surface area contributed by atoms with Gasteiger partial charge < -0.3 is 5.32 Å². The molecule has 0 saturated carbocycles. The zero-order valence-corrected chi connectivity index (χ0v) is 18.2. The van der Waals surface area contributed by atoms with Gasteiger partial charge in [0.25, 0.3) is 5.91 Å². The van der Waals surface area contributed by atoms with Gasteiger partial charge in [0.1, 0.15) is 5.54 Å². The Morgan fingerprint density at radius 2 is 1.90 bits per heavy atom. The number of urea groups is 1. The molecule has 31 heavy (non-hydrogen) atoms. The van der Waals surface area contributed by atoms with Gasteiger partial charge >= 0.3 is 6.03 Å². The van der Waals surface area contributed by atoms with Crippen LogP contribution >= 0.6 is 11.3 Å². The summed E-state index contributed by atoms with van der Waals surface area (Å²) < 4.78 is 51.4. The van der Waals surface area contributed by atoms with Gasteiger partial charge in [0.2, 0.25) is 10.0 Å². The minimum absolute atomic E-state index is 0.0523. The fourth-order valence-corrected chi connectivity index (χ4v) is 4.50. The number of ketones is 1. The molecule has 12 heteroatoms. The van der Waals surface area contributed by atoms with Crippen molar-refractivity contribution in [2.24, 2.45) is 0 Å². The lowest BCUT2D eigenvalue weighted by Gasteiger charge is -2.22. The molecule has 0 radical (unpaired) electrons. The van der Waals surface area contributed by atoms with Gasteiger partial charge in [-0.15, -0.1) is 11.3 Å². The van der Waals surface area contributed by atoms with Crippen molar-refractivity contribution >= 4 is 39.1 Å². The van der Waals surface area contributed by atoms with E-state index in [1.807, 2.05) is 0 Å². The van der Waals surface area contributed by atoms with E-state index in [0.29, 0.717) is 11.3 Å². The molecule has 0 bridgehead atoms. The molecule has 1 aromatic carbocycles. The van der Waals surface area contributed by atoms with Gasteiger partial charge in [-0.05, 0) is 43.2 Å². The second kappa shape index (κ2) is 8.44. The Labute approximate surface area is 181 Å². The molecule has 2 heterocycles. The van der Waals surface area contributed by atoms with E-state index in [1.165, 1.54) is 19.1 Å². The SMILES string of the molecule is CC1(c2ccc(F)c(F)c2)NC(=O)N(CC(=O)c2ccc(CCNS(C)(=O)=O)s2)C1=O. The normalized spacial score (nSPS) is 19.0. The van der Waals surface area contributed by atoms with Crippen LogP contribution in [0, 0.1) is 11.6 Å². The summed E-state index contributed by atoms with van der Waals surface area (Å²) in [6.45, 7) is 1.00. The van der Waals surface area contributed by atoms with Gasteiger partial charge in [-0.3, -0.25) is 14.5 Å². The van der Waals surface area contributed by atoms with Gasteiger partial charge in [-0.2, -0.15) is 0 Å². The summed E-state index contributed by atoms with van der Waals surface area (Å²) in [6, 6.07) is 5.26. The first-order valence-corrected chi connectivity index (χ1v) is 11.8. The number of nitrogens with one attached hydrogen (secondary N) is 2. The Morgan fingerprint density at radius 3 is 2.55 bits per heavy atom. The molecule has 8 nitrogen and oxygen atoms in total. The Morgan fingerprint density at radius 1 is 1.19 bits per heavy atom. The van der Waals surface area contributed by atoms with E-state index in [-0.39, 0.29) is 12.1 Å². The maximum atomic E-state index is 13.6. The molecule has 1 atom stereocenters. The number of nitrogens with zero attached hydrogens (tertiary/aromatic N) is 1. The highest BCUT2D eigenvalue weighted by atomic mass is 32.2. The number of thiophene rings is 1. The first-order valence-electron chi connectivity index (χ1n) is 9.07. The van der Waals surface area contributed by atoms with Crippen molar-refractivity contribution in [2.45, 2.75) is 18.9 Å². The minimum atomic E-state index is -3.32. The number of sulfonamides is 1. The molecule has 2 aromatic rings. The molecule has 1 saturated heterocycles. The molecule has 3 amide bonds. The summed E-state index contributed by atoms with van der Waals surface area (Å²) in [5, 5.41) is 2.43. The Hall–Kier alpha value is -2.70. The first kappa shape index (κ1) is 23.0. The van der Waals surface area contributed by atoms with Gasteiger partial charge in [0.15, 0.2) is 17.4 Å². The predicted octanol–water partition coefficient (Wildman–Crippen LogP) is 1.77. The average molecular weight is 472 g/mol. The van der Waals surface area contributed by atoms with Crippen LogP contribution in [0.1, 0.15) is 27.0 Å². The zero-order chi connectivity index (χ0) is 23.0. The quantitative estimate of drug-likeness (QED) is 0.450. The number of hydrogen-bond donors (Lipinski definition) is 2. The molecule has 1 aliphatic heterocycles. The number of hydrogen-bond acceptors (Lipinski definition) is 6. The number of halogens is 2. The van der Waals surface area contributed by atoms with Crippen LogP contribution in [0.4, 0.5) is 13.6 Å². The minimum Gasteiger partial charge on any atom is -0.319 e. The standard InChI is InChI=1S/C19H19F2N3O5S2/c1-19(11-3-5-13(20)14(21)9-11)17(26)24(18(27)23-19)10-15(25)16-6-4-12(30-16)7-8-22-31(2,28)29/h3-6,9,22H,7-8,10H2,1-2H3,(H,23,27). The van der Waals surface area contributed by atoms with E-state index in [2.05, 4.69) is 10.0 Å². The van der Waals surface area contributed by atoms with Crippen molar-refractivity contribution in [1.82, 2.24) is 14.9 Å². The smallest absolute Gasteiger partial charge is 0.319 e. The van der Waals surface area contributed by atoms with Crippen molar-refractivity contribution in [3.05, 3.63) is 57.3 Å². The zero-order valence-electron chi connectivity index (χ0n) is 16.6. The third-order valence-electron chi connectivity index (χ3n) is 4.75. The highest BCUT2D eigenvalue weighted by Gasteiger charge is 2.49. The lowest BCUT2D eigenvalue weighted by molar-refractivity contribution is -0.130. The second-order valence-corrected chi connectivity index (χ2v) is 10.2. The van der Waals surface area contributed by atoms with Crippen LogP contribution in [-0.4, -0.2) is 50.4 Å². The van der Waals surface area contributed by atoms with Crippen LogP contribution < -0.4 is 10.0 Å². The Bertz CT molecular complexity index is 1170. The number of carbonyl (C=O) groups excluding carboxylic acids is 3. The molecule has 3 rings (SSSR count). The van der Waals surface area contributed by atoms with Crippen LogP contribution in [0.15, 0.2) is 30.3 Å². The monoisotopic (exact) mass is 471 g/mol. The van der Waals surface area contributed by atoms with Crippen LogP contribution in [0.5, 0.6) is 0 Å². The largest absolute Gasteiger partial charge is 0.325 e. The number of rotatable bonds is 8. The van der Waals surface area contributed by atoms with Crippen LogP contribution in [0.2, 0.25) is 0 Å². The molecular formula is C19H19F2N3O5S2. The van der Waals surface area contributed by atoms with Crippen molar-refractivity contribution < 1.29 is 31.6 Å². The molecule has 0 spiro atoms. The fraction of sp³-hybridized carbons (Fsp3) is 0.316. The maximum Gasteiger partial charge on any atom is 0.325 e. The summed E-state index contributed by atoms with van der Waals surface area (Å²) in [5.41, 5.74) is -1.58. The van der Waals surface area contributed by atoms with Crippen LogP contribution in [-0.2, 0) is 26.8 Å². The lowest BCUT2D eigenvalue weighted by atomic mass is 9.92. The van der Waals surface area contributed by atoms with E-state index >= 15 is 0 Å². The molecule has 1 aliphatic rings. The van der Waals surface area contributed by atoms with Crippen molar-refractivity contribution in [3.63, 3.8) is 0 Å². The van der Waals surface area contributed by atoms with Crippen molar-refractivity contribution in [3.8, 4) is 0 Å². The van der Waals surface area contributed by atoms with Gasteiger partial charge in [0.05, 0.1) is 17.7 Å². The predicted molar refractivity (Wildman–Crippen MR) is 109 cm³/mol. The fourth-order valence-electron chi connectivity index (χ4n) is 3.09. The van der Waals surface area contributed by atoms with Crippen LogP contribution in [0.3, 0.4) is 0 Å². The topological polar surface area (TPSA) is 113 Å². The number of benzene rings is 1. The van der Waals surface area contributed by atoms with E-state index in [9.17, 15) is 31.6 Å². The molecule has 1 fully saturated rings. The van der Waals surface area contributed by atoms with Gasteiger partial charge in [0, 0.05) is 11.4 Å². The molecule has 2 N–H and O–H groups in total. The van der Waals surface area contributed by atoms with Gasteiger partial charge in [-0.25, -0.2) is 26.7 Å². The summed E-state index contributed by atoms with van der Waals surface area (Å²) in [6.07, 6.45) is 1.42. The lowest BCUT2D eigenvalue weighted by Crippen LogP contribution is -2.41. The van der Waals surface area contributed by atoms with E-state index in [4.69, 9.17) is 0 Å². The average Bonchev–Trinajstić information content (AvgIpc) is 3.22. The summed E-state index contributed by atoms with van der Waals surface area (Å²) in [5.74, 6) is -3.49. The molecule has 1 aromatic heterocycles. The van der Waals surface area contributed by atoms with Crippen molar-refractivity contribution in [2.75, 3.05) is 19.3 Å². The summed E-state index contributed by atoms with van der Waals surface area (Å²) in [7, 11) is -3.32. The third kappa shape index (κ3) is 4.97. The molecule has 0 aliphatic carbocycles. The maximum absolute atomic E-state index is 13.6. The number of carbonyl (C=O) groups is 3. The van der Waals surface area contributed by atoms with E-state index in [0.717, 1.165) is 39.5 Å². The van der Waals surface area contributed by atoms with E-state index < -0.39 is 51.5 Å². The highest BCUT2D eigenvalue weighted by molar-refractivity contribution is 7.88. The molecular weight excluding hydrogens is 452 g/mol. The Kier molecular flexibility index (Phi) is 6.25. The Balaban J connectivity index is 1.70. The second-order valence-electron chi connectivity index (χ2n) is 7.18. The number of amides is 3. The molecule has 1 unspecified atom stereocenters. The number of Topliss-reactive ketones (excluding diaryl/α,β-unsaturated/α-hetero) is 1. The van der Waals surface area contributed by atoms with E-state index in [1.54, 1.807) is 6.07 Å². The van der Waals surface area contributed by atoms with Gasteiger partial charge in [-0.1, -0.05) is 6.07 Å². The number of imide groups is 1. The first-order chi connectivity index (χ1) is 14.4. The van der Waals surface area contributed by atoms with Crippen LogP contribution in [0.25, 0.3) is 0 Å². The summed E-state index contributed by atoms with van der Waals surface area (Å²) in [4.78, 5) is 39.6. The summed E-state index contributed by atoms with van der Waals surface area (Å²) >= 11 is 1.13. The highest BCUT2D eigenvalue weighted by Crippen LogP contribution is 2.30.